The summed E-state index contributed by atoms with van der Waals surface area (Å²) >= 11 is 0. The van der Waals surface area contributed by atoms with Crippen LogP contribution in [0.25, 0.3) is 0 Å². The summed E-state index contributed by atoms with van der Waals surface area (Å²) < 4.78 is 26.5. The Labute approximate surface area is 114 Å². The SMILES string of the molecule is CC(=O)Nc1cc(F)c(F)cc1NC(=O)C1CCNC1. The van der Waals surface area contributed by atoms with Crippen molar-refractivity contribution in [2.24, 2.45) is 5.92 Å². The molecule has 1 saturated heterocycles. The van der Waals surface area contributed by atoms with Gasteiger partial charge in [0.2, 0.25) is 11.8 Å². The fraction of sp³-hybridized carbons (Fsp3) is 0.385. The van der Waals surface area contributed by atoms with Gasteiger partial charge < -0.3 is 16.0 Å². The largest absolute Gasteiger partial charge is 0.324 e. The first-order chi connectivity index (χ1) is 9.47. The summed E-state index contributed by atoms with van der Waals surface area (Å²) in [5.41, 5.74) is 0.0895. The van der Waals surface area contributed by atoms with E-state index >= 15 is 0 Å². The lowest BCUT2D eigenvalue weighted by Crippen LogP contribution is -2.25. The van der Waals surface area contributed by atoms with E-state index < -0.39 is 17.5 Å². The van der Waals surface area contributed by atoms with E-state index in [1.807, 2.05) is 0 Å². The second-order valence-corrected chi connectivity index (χ2v) is 4.67. The standard InChI is InChI=1S/C13H15F2N3O2/c1-7(19)17-11-4-9(14)10(15)5-12(11)18-13(20)8-2-3-16-6-8/h4-5,8,16H,2-3,6H2,1H3,(H,17,19)(H,18,20). The summed E-state index contributed by atoms with van der Waals surface area (Å²) in [7, 11) is 0. The molecule has 0 saturated carbocycles. The van der Waals surface area contributed by atoms with Crippen LogP contribution in [0.3, 0.4) is 0 Å². The Hall–Kier alpha value is -2.02. The van der Waals surface area contributed by atoms with E-state index in [1.54, 1.807) is 0 Å². The first-order valence-electron chi connectivity index (χ1n) is 6.25. The van der Waals surface area contributed by atoms with Gasteiger partial charge in [0.25, 0.3) is 0 Å². The maximum absolute atomic E-state index is 13.3. The van der Waals surface area contributed by atoms with Gasteiger partial charge in [-0.25, -0.2) is 8.78 Å². The monoisotopic (exact) mass is 283 g/mol. The van der Waals surface area contributed by atoms with Crippen molar-refractivity contribution >= 4 is 23.2 Å². The minimum absolute atomic E-state index is 0.0377. The van der Waals surface area contributed by atoms with Crippen LogP contribution in [0.2, 0.25) is 0 Å². The Kier molecular flexibility index (Phi) is 4.29. The molecular weight excluding hydrogens is 268 g/mol. The van der Waals surface area contributed by atoms with E-state index in [1.165, 1.54) is 6.92 Å². The van der Waals surface area contributed by atoms with Gasteiger partial charge in [-0.3, -0.25) is 9.59 Å². The molecule has 1 heterocycles. The zero-order valence-corrected chi connectivity index (χ0v) is 10.9. The second-order valence-electron chi connectivity index (χ2n) is 4.67. The minimum Gasteiger partial charge on any atom is -0.324 e. The van der Waals surface area contributed by atoms with Gasteiger partial charge in [-0.1, -0.05) is 0 Å². The molecule has 0 spiro atoms. The molecule has 0 aromatic heterocycles. The third kappa shape index (κ3) is 3.30. The molecule has 1 unspecified atom stereocenters. The molecule has 20 heavy (non-hydrogen) atoms. The van der Waals surface area contributed by atoms with Crippen molar-refractivity contribution < 1.29 is 18.4 Å². The first-order valence-corrected chi connectivity index (χ1v) is 6.25. The van der Waals surface area contributed by atoms with Gasteiger partial charge in [0.05, 0.1) is 17.3 Å². The quantitative estimate of drug-likeness (QED) is 0.786. The number of amides is 2. The molecule has 0 bridgehead atoms. The van der Waals surface area contributed by atoms with Crippen LogP contribution in [0.5, 0.6) is 0 Å². The Morgan fingerprint density at radius 2 is 1.80 bits per heavy atom. The van der Waals surface area contributed by atoms with E-state index in [4.69, 9.17) is 0 Å². The van der Waals surface area contributed by atoms with Crippen molar-refractivity contribution in [2.75, 3.05) is 23.7 Å². The number of benzene rings is 1. The van der Waals surface area contributed by atoms with Crippen molar-refractivity contribution in [3.8, 4) is 0 Å². The maximum atomic E-state index is 13.3. The highest BCUT2D eigenvalue weighted by Crippen LogP contribution is 2.26. The molecule has 2 rings (SSSR count). The van der Waals surface area contributed by atoms with Crippen molar-refractivity contribution in [2.45, 2.75) is 13.3 Å². The van der Waals surface area contributed by atoms with Gasteiger partial charge in [0.1, 0.15) is 0 Å². The lowest BCUT2D eigenvalue weighted by Gasteiger charge is -2.14. The molecule has 1 fully saturated rings. The van der Waals surface area contributed by atoms with Crippen molar-refractivity contribution in [3.05, 3.63) is 23.8 Å². The number of halogens is 2. The van der Waals surface area contributed by atoms with Gasteiger partial charge in [-0.05, 0) is 13.0 Å². The summed E-state index contributed by atoms with van der Waals surface area (Å²) in [5.74, 6) is -3.11. The molecule has 1 aliphatic rings. The van der Waals surface area contributed by atoms with Crippen LogP contribution in [0.1, 0.15) is 13.3 Å². The smallest absolute Gasteiger partial charge is 0.228 e. The highest BCUT2D eigenvalue weighted by atomic mass is 19.2. The number of hydrogen-bond donors (Lipinski definition) is 3. The lowest BCUT2D eigenvalue weighted by atomic mass is 10.1. The van der Waals surface area contributed by atoms with Crippen LogP contribution in [0.4, 0.5) is 20.2 Å². The van der Waals surface area contributed by atoms with Gasteiger partial charge in [-0.2, -0.15) is 0 Å². The van der Waals surface area contributed by atoms with Gasteiger partial charge in [0, 0.05) is 25.6 Å². The molecule has 108 valence electrons. The van der Waals surface area contributed by atoms with Crippen molar-refractivity contribution in [1.29, 1.82) is 0 Å². The van der Waals surface area contributed by atoms with E-state index in [-0.39, 0.29) is 23.2 Å². The number of rotatable bonds is 3. The van der Waals surface area contributed by atoms with Gasteiger partial charge in [-0.15, -0.1) is 0 Å². The predicted octanol–water partition coefficient (Wildman–Crippen LogP) is 1.47. The lowest BCUT2D eigenvalue weighted by molar-refractivity contribution is -0.119. The van der Waals surface area contributed by atoms with Crippen LogP contribution < -0.4 is 16.0 Å². The van der Waals surface area contributed by atoms with E-state index in [2.05, 4.69) is 16.0 Å². The third-order valence-electron chi connectivity index (χ3n) is 3.06. The Balaban J connectivity index is 2.22. The first kappa shape index (κ1) is 14.4. The van der Waals surface area contributed by atoms with Crippen LogP contribution in [0, 0.1) is 17.6 Å². The minimum atomic E-state index is -1.09. The van der Waals surface area contributed by atoms with Crippen molar-refractivity contribution in [3.63, 3.8) is 0 Å². The fourth-order valence-corrected chi connectivity index (χ4v) is 2.06. The molecule has 5 nitrogen and oxygen atoms in total. The van der Waals surface area contributed by atoms with Gasteiger partial charge >= 0.3 is 0 Å². The molecule has 7 heteroatoms. The van der Waals surface area contributed by atoms with Crippen LogP contribution in [-0.2, 0) is 9.59 Å². The molecule has 1 aliphatic heterocycles. The Morgan fingerprint density at radius 1 is 1.20 bits per heavy atom. The highest BCUT2D eigenvalue weighted by Gasteiger charge is 2.23. The molecule has 0 radical (unpaired) electrons. The Morgan fingerprint density at radius 3 is 2.30 bits per heavy atom. The predicted molar refractivity (Wildman–Crippen MR) is 70.3 cm³/mol. The molecule has 0 aliphatic carbocycles. The van der Waals surface area contributed by atoms with Crippen LogP contribution in [-0.4, -0.2) is 24.9 Å². The third-order valence-corrected chi connectivity index (χ3v) is 3.06. The van der Waals surface area contributed by atoms with Crippen LogP contribution in [0.15, 0.2) is 12.1 Å². The topological polar surface area (TPSA) is 70.2 Å². The molecule has 1 aromatic rings. The van der Waals surface area contributed by atoms with E-state index in [9.17, 15) is 18.4 Å². The Bertz CT molecular complexity index is 543. The average Bonchev–Trinajstić information content (AvgIpc) is 2.88. The van der Waals surface area contributed by atoms with E-state index in [0.29, 0.717) is 13.0 Å². The second kappa shape index (κ2) is 5.96. The summed E-state index contributed by atoms with van der Waals surface area (Å²) in [4.78, 5) is 23.0. The number of anilines is 2. The molecule has 2 amide bonds. The van der Waals surface area contributed by atoms with Crippen LogP contribution >= 0.6 is 0 Å². The molecule has 1 aromatic carbocycles. The van der Waals surface area contributed by atoms with E-state index in [0.717, 1.165) is 18.7 Å². The zero-order chi connectivity index (χ0) is 14.7. The summed E-state index contributed by atoms with van der Waals surface area (Å²) in [6.07, 6.45) is 0.685. The zero-order valence-electron chi connectivity index (χ0n) is 10.9. The summed E-state index contributed by atoms with van der Waals surface area (Å²) in [6.45, 7) is 2.53. The number of nitrogens with one attached hydrogen (secondary N) is 3. The number of carbonyl (C=O) groups excluding carboxylic acids is 2. The molecule has 3 N–H and O–H groups in total. The normalized spacial score (nSPS) is 17.9. The fourth-order valence-electron chi connectivity index (χ4n) is 2.06. The maximum Gasteiger partial charge on any atom is 0.228 e. The average molecular weight is 283 g/mol. The summed E-state index contributed by atoms with van der Waals surface area (Å²) in [5, 5.41) is 7.93. The van der Waals surface area contributed by atoms with Gasteiger partial charge in [0.15, 0.2) is 11.6 Å². The molecule has 1 atom stereocenters. The molecular formula is C13H15F2N3O2. The number of carbonyl (C=O) groups is 2. The summed E-state index contributed by atoms with van der Waals surface area (Å²) in [6, 6.07) is 1.71. The van der Waals surface area contributed by atoms with Crippen molar-refractivity contribution in [1.82, 2.24) is 5.32 Å². The number of hydrogen-bond acceptors (Lipinski definition) is 3. The highest BCUT2D eigenvalue weighted by molar-refractivity contribution is 5.99.